The molecule has 4 N–H and O–H groups in total. The predicted octanol–water partition coefficient (Wildman–Crippen LogP) is 10.5. The molecule has 3 saturated carbocycles. The third-order valence-corrected chi connectivity index (χ3v) is 12.8. The highest BCUT2D eigenvalue weighted by Gasteiger charge is 2.50. The second-order valence-corrected chi connectivity index (χ2v) is 17.5. The second kappa shape index (κ2) is 19.4. The lowest BCUT2D eigenvalue weighted by Gasteiger charge is -2.44. The van der Waals surface area contributed by atoms with E-state index in [0.29, 0.717) is 29.7 Å². The number of anilines is 1. The van der Waals surface area contributed by atoms with Crippen LogP contribution in [0.1, 0.15) is 126 Å². The van der Waals surface area contributed by atoms with E-state index in [2.05, 4.69) is 68.6 Å². The van der Waals surface area contributed by atoms with E-state index in [1.54, 1.807) is 0 Å². The van der Waals surface area contributed by atoms with Crippen LogP contribution in [-0.4, -0.2) is 68.7 Å². The van der Waals surface area contributed by atoms with Gasteiger partial charge in [-0.1, -0.05) is 76.4 Å². The van der Waals surface area contributed by atoms with E-state index >= 15 is 0 Å². The lowest BCUT2D eigenvalue weighted by atomic mass is 9.60. The molecule has 6 unspecified atom stereocenters. The first-order valence-corrected chi connectivity index (χ1v) is 20.7. The lowest BCUT2D eigenvalue weighted by Crippen LogP contribution is -2.36. The van der Waals surface area contributed by atoms with Crippen molar-refractivity contribution in [3.8, 4) is 0 Å². The van der Waals surface area contributed by atoms with Crippen molar-refractivity contribution in [1.82, 2.24) is 9.88 Å². The third kappa shape index (κ3) is 11.4. The maximum Gasteiger partial charge on any atom is 0.105 e. The molecule has 0 spiro atoms. The van der Waals surface area contributed by atoms with Crippen molar-refractivity contribution >= 4 is 28.2 Å². The molecule has 7 atom stereocenters. The molecule has 52 heavy (non-hydrogen) atoms. The third-order valence-electron chi connectivity index (χ3n) is 12.6. The smallest absolute Gasteiger partial charge is 0.105 e. The molecule has 0 amide bonds. The molecule has 1 heterocycles. The van der Waals surface area contributed by atoms with Crippen LogP contribution in [0.25, 0.3) is 10.9 Å². The van der Waals surface area contributed by atoms with Crippen LogP contribution >= 0.6 is 11.6 Å². The van der Waals surface area contributed by atoms with Gasteiger partial charge in [0, 0.05) is 28.3 Å². The first-order chi connectivity index (χ1) is 24.7. The van der Waals surface area contributed by atoms with E-state index < -0.39 is 17.8 Å². The van der Waals surface area contributed by atoms with Gasteiger partial charge in [-0.25, -0.2) is 0 Å². The van der Waals surface area contributed by atoms with Crippen molar-refractivity contribution in [1.29, 1.82) is 0 Å². The second-order valence-electron chi connectivity index (χ2n) is 17.0. The zero-order chi connectivity index (χ0) is 38.1. The van der Waals surface area contributed by atoms with Crippen molar-refractivity contribution in [2.75, 3.05) is 25.0 Å². The molecule has 3 fully saturated rings. The number of allylic oxidation sites excluding steroid dienone is 3. The van der Waals surface area contributed by atoms with Crippen LogP contribution in [-0.2, 0) is 0 Å². The molecule has 2 aromatic rings. The van der Waals surface area contributed by atoms with E-state index in [4.69, 9.17) is 11.6 Å². The van der Waals surface area contributed by atoms with Gasteiger partial charge in [0.2, 0.25) is 0 Å². The number of fused-ring (bicyclic) bond motifs is 2. The summed E-state index contributed by atoms with van der Waals surface area (Å²) in [5.74, 6) is 2.07. The van der Waals surface area contributed by atoms with Crippen LogP contribution in [0, 0.1) is 23.2 Å². The number of aromatic nitrogens is 1. The molecular weight excluding hydrogens is 666 g/mol. The number of aliphatic hydroxyl groups is 3. The number of nitrogens with one attached hydrogen (secondary N) is 1. The van der Waals surface area contributed by atoms with Gasteiger partial charge in [0.05, 0.1) is 17.2 Å². The Kier molecular flexibility index (Phi) is 15.9. The van der Waals surface area contributed by atoms with Crippen molar-refractivity contribution in [3.05, 3.63) is 70.9 Å². The number of halogens is 1. The molecule has 1 aromatic carbocycles. The fourth-order valence-corrected chi connectivity index (χ4v) is 9.64. The molecule has 0 radical (unpaired) electrons. The van der Waals surface area contributed by atoms with Gasteiger partial charge in [-0.3, -0.25) is 4.98 Å². The lowest BCUT2D eigenvalue weighted by molar-refractivity contribution is 0.0299. The number of rotatable bonds is 14. The first kappa shape index (κ1) is 42.5. The summed E-state index contributed by atoms with van der Waals surface area (Å²) >= 11 is 6.04. The van der Waals surface area contributed by atoms with Gasteiger partial charge in [-0.2, -0.15) is 0 Å². The van der Waals surface area contributed by atoms with Crippen molar-refractivity contribution in [3.63, 3.8) is 0 Å². The van der Waals surface area contributed by atoms with Crippen LogP contribution in [0.2, 0.25) is 5.02 Å². The van der Waals surface area contributed by atoms with Gasteiger partial charge in [-0.15, -0.1) is 0 Å². The molecule has 1 aromatic heterocycles. The normalized spacial score (nSPS) is 27.8. The van der Waals surface area contributed by atoms with E-state index in [1.807, 2.05) is 44.3 Å². The molecular formula is C45H70ClN3O3. The average molecular weight is 737 g/mol. The Morgan fingerprint density at radius 3 is 2.52 bits per heavy atom. The van der Waals surface area contributed by atoms with Gasteiger partial charge in [0.25, 0.3) is 0 Å². The van der Waals surface area contributed by atoms with Crippen LogP contribution in [0.15, 0.2) is 65.9 Å². The number of hydrogen-bond donors (Lipinski definition) is 4. The minimum atomic E-state index is -0.801. The van der Waals surface area contributed by atoms with Gasteiger partial charge in [0.1, 0.15) is 6.10 Å². The first-order valence-electron chi connectivity index (χ1n) is 20.4. The molecule has 0 saturated heterocycles. The Labute approximate surface area is 320 Å². The monoisotopic (exact) mass is 736 g/mol. The van der Waals surface area contributed by atoms with Crippen LogP contribution in [0.5, 0.6) is 0 Å². The molecule has 3 aliphatic carbocycles. The topological polar surface area (TPSA) is 88.8 Å². The summed E-state index contributed by atoms with van der Waals surface area (Å²) in [7, 11) is 0. The molecule has 7 heteroatoms. The highest BCUT2D eigenvalue weighted by Crippen LogP contribution is 2.60. The van der Waals surface area contributed by atoms with Crippen molar-refractivity contribution < 1.29 is 15.3 Å². The highest BCUT2D eigenvalue weighted by atomic mass is 35.5. The SMILES string of the molecule is C=C1CC[C@H](O)C(O)/C1=C/C=C1\CCCC2(C)C1CCC2C(C)CCCC(C)(C)O.CCN(CC)CCCC(C)Nc1ccnc2cc(Cl)ccc12. The number of aliphatic hydroxyl groups excluding tert-OH is 2. The standard InChI is InChI=1S/C27H44O3.C18H26ClN3/c1-18-10-15-24(28)25(29)21(18)12-11-20-9-7-17-27(5)22(13-14-23(20)27)19(2)8-6-16-26(3,4)30;1-4-22(5-2)12-6-7-14(3)21-17-10-11-20-18-13-15(19)8-9-16(17)18/h11-12,19,22-25,28-30H,1,6-10,13-17H2,2-5H3;8-11,13-14H,4-7,12H2,1-3H3,(H,20,21)/b20-11+,21-12+;/t19?,22?,23?,24-,25?,27?;/m0./s1. The van der Waals surface area contributed by atoms with Crippen LogP contribution in [0.3, 0.4) is 0 Å². The molecule has 290 valence electrons. The summed E-state index contributed by atoms with van der Waals surface area (Å²) in [6, 6.07) is 8.35. The van der Waals surface area contributed by atoms with Crippen molar-refractivity contribution in [2.45, 2.75) is 149 Å². The summed E-state index contributed by atoms with van der Waals surface area (Å²) in [4.78, 5) is 6.86. The van der Waals surface area contributed by atoms with Gasteiger partial charge >= 0.3 is 0 Å². The Hall–Kier alpha value is -2.22. The summed E-state index contributed by atoms with van der Waals surface area (Å²) in [6.07, 6.45) is 17.8. The minimum Gasteiger partial charge on any atom is -0.390 e. The van der Waals surface area contributed by atoms with E-state index in [0.717, 1.165) is 83.9 Å². The Balaban J connectivity index is 0.000000244. The predicted molar refractivity (Wildman–Crippen MR) is 221 cm³/mol. The van der Waals surface area contributed by atoms with Gasteiger partial charge in [0.15, 0.2) is 0 Å². The number of benzene rings is 1. The van der Waals surface area contributed by atoms with E-state index in [9.17, 15) is 15.3 Å². The average Bonchev–Trinajstić information content (AvgIpc) is 3.46. The van der Waals surface area contributed by atoms with Gasteiger partial charge < -0.3 is 25.5 Å². The summed E-state index contributed by atoms with van der Waals surface area (Å²) < 4.78 is 0. The molecule has 3 aliphatic rings. The van der Waals surface area contributed by atoms with Crippen LogP contribution < -0.4 is 5.32 Å². The highest BCUT2D eigenvalue weighted by molar-refractivity contribution is 6.31. The minimum absolute atomic E-state index is 0.360. The summed E-state index contributed by atoms with van der Waals surface area (Å²) in [5.41, 5.74) is 5.19. The molecule has 6 nitrogen and oxygen atoms in total. The van der Waals surface area contributed by atoms with Gasteiger partial charge in [-0.05, 0) is 163 Å². The fourth-order valence-electron chi connectivity index (χ4n) is 9.47. The number of hydrogen-bond acceptors (Lipinski definition) is 6. The van der Waals surface area contributed by atoms with Crippen molar-refractivity contribution in [2.24, 2.45) is 23.2 Å². The Bertz CT molecular complexity index is 1510. The largest absolute Gasteiger partial charge is 0.390 e. The van der Waals surface area contributed by atoms with E-state index in [1.165, 1.54) is 50.6 Å². The van der Waals surface area contributed by atoms with E-state index in [-0.39, 0.29) is 0 Å². The quantitative estimate of drug-likeness (QED) is 0.154. The Morgan fingerprint density at radius 1 is 1.06 bits per heavy atom. The fraction of sp³-hybridized carbons (Fsp3) is 0.667. The molecule has 0 bridgehead atoms. The zero-order valence-electron chi connectivity index (χ0n) is 33.4. The molecule has 5 rings (SSSR count). The number of nitrogens with zero attached hydrogens (tertiary/aromatic N) is 2. The summed E-state index contributed by atoms with van der Waals surface area (Å²) in [6.45, 7) is 23.0. The maximum atomic E-state index is 10.4. The van der Waals surface area contributed by atoms with Crippen LogP contribution in [0.4, 0.5) is 5.69 Å². The summed E-state index contributed by atoms with van der Waals surface area (Å²) in [5, 5.41) is 35.9. The number of pyridine rings is 1. The zero-order valence-corrected chi connectivity index (χ0v) is 34.2. The maximum absolute atomic E-state index is 10.4. The molecule has 0 aliphatic heterocycles. The Morgan fingerprint density at radius 2 is 1.81 bits per heavy atom.